The van der Waals surface area contributed by atoms with Gasteiger partial charge in [-0.05, 0) is 0 Å². The van der Waals surface area contributed by atoms with E-state index in [2.05, 4.69) is 10.6 Å². The van der Waals surface area contributed by atoms with E-state index in [0.29, 0.717) is 0 Å². The van der Waals surface area contributed by atoms with Gasteiger partial charge in [-0.15, -0.1) is 0 Å². The third-order valence-electron chi connectivity index (χ3n) is 25.9. The second-order valence-corrected chi connectivity index (χ2v) is 35.2. The topological polar surface area (TPSA) is 999 Å². The van der Waals surface area contributed by atoms with Crippen LogP contribution in [0.1, 0.15) is 13.8 Å². The predicted octanol–water partition coefficient (Wildman–Crippen LogP) is -26.9. The number of aliphatic hydroxyl groups excluding tert-OH is 36. The average Bonchev–Trinajstić information content (AvgIpc) is 0.764. The molecule has 0 aromatic heterocycles. The molecule has 0 saturated carbocycles. The smallest absolute Gasteiger partial charge is 0.217 e. The summed E-state index contributed by atoms with van der Waals surface area (Å²) in [7, 11) is 0. The number of ether oxygens (including phenoxy) is 23. The minimum Gasteiger partial charge on any atom is -0.394 e. The van der Waals surface area contributed by atoms with Crippen molar-refractivity contribution < 1.29 is 302 Å². The molecule has 12 aliphatic rings. The molecule has 808 valence electrons. The third-order valence-corrected chi connectivity index (χ3v) is 25.9. The van der Waals surface area contributed by atoms with Crippen molar-refractivity contribution in [2.45, 2.75) is 382 Å². The molecule has 63 heteroatoms. The van der Waals surface area contributed by atoms with Crippen LogP contribution in [-0.2, 0) is 119 Å². The molecule has 60 atom stereocenters. The Morgan fingerprint density at radius 3 is 0.734 bits per heavy atom. The van der Waals surface area contributed by atoms with Gasteiger partial charge in [0.05, 0.1) is 79.3 Å². The molecule has 63 nitrogen and oxygen atoms in total. The molecule has 0 bridgehead atoms. The largest absolute Gasteiger partial charge is 0.394 e. The summed E-state index contributed by atoms with van der Waals surface area (Å²) in [5.74, 6) is -1.86. The first-order chi connectivity index (χ1) is 65.9. The zero-order valence-corrected chi connectivity index (χ0v) is 73.4. The van der Waals surface area contributed by atoms with Gasteiger partial charge in [0.15, 0.2) is 75.5 Å². The molecule has 0 unspecified atom stereocenters. The van der Waals surface area contributed by atoms with Crippen molar-refractivity contribution in [2.75, 3.05) is 79.3 Å². The number of rotatable bonds is 36. The van der Waals surface area contributed by atoms with Gasteiger partial charge in [-0.25, -0.2) is 0 Å². The van der Waals surface area contributed by atoms with Crippen molar-refractivity contribution in [3.8, 4) is 0 Å². The Morgan fingerprint density at radius 2 is 0.396 bits per heavy atom. The number of carbonyl (C=O) groups is 2. The first-order valence-corrected chi connectivity index (χ1v) is 44.2. The zero-order chi connectivity index (χ0) is 102. The molecule has 0 aromatic carbocycles. The summed E-state index contributed by atoms with van der Waals surface area (Å²) in [5.41, 5.74) is 0. The zero-order valence-electron chi connectivity index (χ0n) is 73.4. The van der Waals surface area contributed by atoms with Gasteiger partial charge in [-0.1, -0.05) is 0 Å². The molecule has 12 aliphatic heterocycles. The van der Waals surface area contributed by atoms with E-state index in [-0.39, 0.29) is 0 Å². The lowest BCUT2D eigenvalue weighted by molar-refractivity contribution is -0.411. The maximum atomic E-state index is 13.2. The van der Waals surface area contributed by atoms with Gasteiger partial charge in [-0.2, -0.15) is 0 Å². The standard InChI is InChI=1S/C76H128N2O61/c1-15(89)77-29-41(101)56(25(11-87)119-65(29)116)131-66-30(78-16(2)90)42(102)57(26(12-88)128-66)132-72-55(115)60(135-75-64(49(109)37(97)22(8-84)126-75)139-76-63(48(108)36(96)23(9-85)127-76)138-71-54(114)58(38(98)24(10-86)123-71)133-68-50(110)43(103)31(91)17(3-79)120-68)40(100)28(130-72)13-117-67-53(113)59(134-74-62(47(107)35(95)21(7-83)125-74)137-70-52(112)45(105)33(93)19(5-81)122-70)39(99)27(129-67)14-118-73-61(46(106)34(94)20(6-82)124-73)136-69-51(111)44(104)32(92)18(4-80)121-69/h17-76,79-88,91-116H,3-14H2,1-2H3,(H,77,89)(H,78,90)/t17-,18-,19-,20-,21-,22-,23-,24-,25-,26-,27-,28-,29-,30-,31-,32-,33-,34-,35-,36-,37-,38-,39-,40-,41-,42-,43+,44+,45+,46+,47+,48+,49+,50-,51+,52+,53+,54+,55+,56-,57-,58+,59+,60+,61+,62+,63+,64+,65-,66+,67+,68+,69-,70-,71-,72+,73+,74-,75-,76-/m1/s1. The summed E-state index contributed by atoms with van der Waals surface area (Å²) < 4.78 is 136. The van der Waals surface area contributed by atoms with Gasteiger partial charge >= 0.3 is 0 Å². The lowest BCUT2D eigenvalue weighted by atomic mass is 9.94. The monoisotopic (exact) mass is 2040 g/mol. The quantitative estimate of drug-likeness (QED) is 0.0277. The van der Waals surface area contributed by atoms with E-state index in [1.165, 1.54) is 0 Å². The van der Waals surface area contributed by atoms with Crippen LogP contribution in [0.3, 0.4) is 0 Å². The third kappa shape index (κ3) is 24.5. The number of carbonyl (C=O) groups excluding carboxylic acids is 2. The van der Waals surface area contributed by atoms with E-state index < -0.39 is 459 Å². The highest BCUT2D eigenvalue weighted by molar-refractivity contribution is 5.73. The van der Waals surface area contributed by atoms with E-state index in [1.807, 2.05) is 0 Å². The van der Waals surface area contributed by atoms with Crippen LogP contribution in [0.25, 0.3) is 0 Å². The minimum absolute atomic E-state index is 0.840. The summed E-state index contributed by atoms with van der Waals surface area (Å²) in [4.78, 5) is 25.5. The molecule has 2 amide bonds. The lowest BCUT2D eigenvalue weighted by Crippen LogP contribution is -2.70. The fraction of sp³-hybridized carbons (Fsp3) is 0.974. The number of aliphatic hydroxyl groups is 36. The van der Waals surface area contributed by atoms with Crippen LogP contribution >= 0.6 is 0 Å². The van der Waals surface area contributed by atoms with Crippen molar-refractivity contribution in [2.24, 2.45) is 0 Å². The van der Waals surface area contributed by atoms with Crippen molar-refractivity contribution in [1.29, 1.82) is 0 Å². The normalized spacial score (nSPS) is 51.9. The number of hydrogen-bond acceptors (Lipinski definition) is 61. The van der Waals surface area contributed by atoms with Gasteiger partial charge in [0.2, 0.25) is 11.8 Å². The molecule has 0 aromatic rings. The van der Waals surface area contributed by atoms with E-state index in [4.69, 9.17) is 109 Å². The highest BCUT2D eigenvalue weighted by atomic mass is 16.8. The van der Waals surface area contributed by atoms with Crippen LogP contribution in [0.5, 0.6) is 0 Å². The predicted molar refractivity (Wildman–Crippen MR) is 418 cm³/mol. The molecule has 139 heavy (non-hydrogen) atoms. The maximum Gasteiger partial charge on any atom is 0.217 e. The Labute approximate surface area is 784 Å². The highest BCUT2D eigenvalue weighted by Gasteiger charge is 2.63. The minimum atomic E-state index is -2.75. The molecule has 38 N–H and O–H groups in total. The fourth-order valence-electron chi connectivity index (χ4n) is 17.9. The highest BCUT2D eigenvalue weighted by Crippen LogP contribution is 2.43. The number of nitrogens with one attached hydrogen (secondary N) is 2. The number of amides is 2. The van der Waals surface area contributed by atoms with Crippen LogP contribution in [0.15, 0.2) is 0 Å². The lowest BCUT2D eigenvalue weighted by Gasteiger charge is -2.51. The van der Waals surface area contributed by atoms with Crippen LogP contribution in [-0.4, -0.2) is 643 Å². The molecule has 12 rings (SSSR count). The first-order valence-electron chi connectivity index (χ1n) is 44.2. The summed E-state index contributed by atoms with van der Waals surface area (Å²) in [6.45, 7) is -12.4. The van der Waals surface area contributed by atoms with Gasteiger partial charge in [0.1, 0.15) is 293 Å². The second kappa shape index (κ2) is 49.8. The molecule has 0 spiro atoms. The van der Waals surface area contributed by atoms with Crippen molar-refractivity contribution in [3.63, 3.8) is 0 Å². The van der Waals surface area contributed by atoms with Crippen LogP contribution < -0.4 is 10.6 Å². The Kier molecular flexibility index (Phi) is 41.0. The Bertz CT molecular complexity index is 3730. The Morgan fingerprint density at radius 1 is 0.187 bits per heavy atom. The summed E-state index contributed by atoms with van der Waals surface area (Å²) in [6, 6.07) is -3.77. The Balaban J connectivity index is 0.905. The molecular formula is C76H128N2O61. The Hall–Kier alpha value is -3.42. The molecule has 12 saturated heterocycles. The van der Waals surface area contributed by atoms with Gasteiger partial charge in [-0.3, -0.25) is 9.59 Å². The van der Waals surface area contributed by atoms with E-state index in [1.54, 1.807) is 0 Å². The number of hydrogen-bond donors (Lipinski definition) is 38. The fourth-order valence-corrected chi connectivity index (χ4v) is 17.9. The maximum absolute atomic E-state index is 13.2. The van der Waals surface area contributed by atoms with Crippen molar-refractivity contribution in [3.05, 3.63) is 0 Å². The first kappa shape index (κ1) is 114. The van der Waals surface area contributed by atoms with Gasteiger partial charge in [0, 0.05) is 13.8 Å². The molecule has 12 fully saturated rings. The SMILES string of the molecule is CC(=O)N[C@@H]1[C@@H](O)[C@H](O[C@@H]2O[C@H](CO)[C@@H](O[C@@H]3O[C@H](CO[C@H]4O[C@H](CO[C@H]5O[C@H](CO)[C@@H](O)[C@H](O)[C@@H]5O[C@H]5O[C@H](CO)[C@@H](O)[C@H](O)[C@@H]5O)[C@@H](O)[C@H](O[C@H]5O[C@H](CO)[C@@H](O)[C@H](O)[C@@H]5O[C@H]5O[C@H](CO)[C@@H](O)[C@H](O)[C@@H]5O)[C@@H]4O)[C@@H](O)[C@H](O[C@H]4O[C@H](CO)[C@@H](O)[C@H](O)[C@@H]4O[C@H]4O[C@H](CO)[C@@H](O)[C@H](O)[C@@H]4O[C@H]4O[C@H](CO)[C@@H](O)[C@H](O[C@@H]5O[C@H](CO)[C@@H](O)[C@H](O)[C@H]5O)[C@@H]4O)[C@@H]3O)[C@H](O)[C@H]2NC(C)=O)[C@@H](CO)O[C@H]1O. The van der Waals surface area contributed by atoms with Gasteiger partial charge in [0.25, 0.3) is 0 Å². The summed E-state index contributed by atoms with van der Waals surface area (Å²) >= 11 is 0. The van der Waals surface area contributed by atoms with Crippen molar-refractivity contribution >= 4 is 11.8 Å². The molecule has 0 radical (unpaired) electrons. The van der Waals surface area contributed by atoms with Crippen LogP contribution in [0.4, 0.5) is 0 Å². The van der Waals surface area contributed by atoms with E-state index in [0.717, 1.165) is 13.8 Å². The molecular weight excluding hydrogens is 1920 g/mol. The second-order valence-electron chi connectivity index (χ2n) is 35.2. The van der Waals surface area contributed by atoms with Crippen LogP contribution in [0, 0.1) is 0 Å². The van der Waals surface area contributed by atoms with E-state index >= 15 is 0 Å². The van der Waals surface area contributed by atoms with Gasteiger partial charge < -0.3 is 303 Å². The summed E-state index contributed by atoms with van der Waals surface area (Å²) in [6.07, 6.45) is -130. The van der Waals surface area contributed by atoms with Crippen molar-refractivity contribution in [1.82, 2.24) is 10.6 Å². The van der Waals surface area contributed by atoms with Crippen LogP contribution in [0.2, 0.25) is 0 Å². The summed E-state index contributed by atoms with van der Waals surface area (Å²) in [5, 5.41) is 408. The average molecular weight is 2050 g/mol. The van der Waals surface area contributed by atoms with E-state index in [9.17, 15) is 193 Å². The molecule has 0 aliphatic carbocycles. The molecule has 12 heterocycles.